The van der Waals surface area contributed by atoms with Crippen LogP contribution in [-0.2, 0) is 10.0 Å². The zero-order chi connectivity index (χ0) is 16.8. The molecule has 0 saturated carbocycles. The standard InChI is InChI=1S/C16H17FN2O3S/c1-16(2)10-19(14-9-12(18)5-8-15(14)22-16)23(20,21)13-6-3-11(17)4-7-13/h3-9H,10,18H2,1-2H3. The van der Waals surface area contributed by atoms with Gasteiger partial charge in [-0.25, -0.2) is 12.8 Å². The molecular formula is C16H17FN2O3S. The van der Waals surface area contributed by atoms with E-state index in [0.717, 1.165) is 12.1 Å². The molecule has 0 saturated heterocycles. The summed E-state index contributed by atoms with van der Waals surface area (Å²) in [4.78, 5) is 0.0185. The third-order valence-corrected chi connectivity index (χ3v) is 5.34. The van der Waals surface area contributed by atoms with Crippen LogP contribution >= 0.6 is 0 Å². The lowest BCUT2D eigenvalue weighted by molar-refractivity contribution is 0.110. The third kappa shape index (κ3) is 2.84. The van der Waals surface area contributed by atoms with Crippen molar-refractivity contribution in [1.29, 1.82) is 0 Å². The van der Waals surface area contributed by atoms with Crippen molar-refractivity contribution in [1.82, 2.24) is 0 Å². The van der Waals surface area contributed by atoms with Crippen LogP contribution in [0.15, 0.2) is 47.4 Å². The molecule has 0 fully saturated rings. The van der Waals surface area contributed by atoms with E-state index in [1.54, 1.807) is 32.0 Å². The first-order valence-electron chi connectivity index (χ1n) is 7.06. The topological polar surface area (TPSA) is 72.6 Å². The van der Waals surface area contributed by atoms with Crippen LogP contribution < -0.4 is 14.8 Å². The second-order valence-corrected chi connectivity index (χ2v) is 7.92. The van der Waals surface area contributed by atoms with Crippen molar-refractivity contribution in [3.8, 4) is 5.75 Å². The fourth-order valence-corrected chi connectivity index (χ4v) is 4.14. The van der Waals surface area contributed by atoms with Gasteiger partial charge < -0.3 is 10.5 Å². The van der Waals surface area contributed by atoms with Crippen LogP contribution in [0.1, 0.15) is 13.8 Å². The molecule has 2 aromatic carbocycles. The van der Waals surface area contributed by atoms with Crippen LogP contribution in [0.3, 0.4) is 0 Å². The van der Waals surface area contributed by atoms with Gasteiger partial charge >= 0.3 is 0 Å². The maximum absolute atomic E-state index is 13.1. The molecule has 0 bridgehead atoms. The van der Waals surface area contributed by atoms with Gasteiger partial charge in [0.25, 0.3) is 10.0 Å². The Morgan fingerprint density at radius 2 is 1.83 bits per heavy atom. The number of hydrogen-bond acceptors (Lipinski definition) is 4. The normalized spacial score (nSPS) is 16.6. The van der Waals surface area contributed by atoms with Crippen LogP contribution in [0.4, 0.5) is 15.8 Å². The number of nitrogen functional groups attached to an aromatic ring is 1. The Bertz CT molecular complexity index is 848. The molecule has 0 spiro atoms. The van der Waals surface area contributed by atoms with E-state index in [9.17, 15) is 12.8 Å². The molecule has 0 aliphatic carbocycles. The van der Waals surface area contributed by atoms with Gasteiger partial charge in [0.2, 0.25) is 0 Å². The Balaban J connectivity index is 2.15. The summed E-state index contributed by atoms with van der Waals surface area (Å²) in [6, 6.07) is 9.61. The van der Waals surface area contributed by atoms with E-state index >= 15 is 0 Å². The predicted octanol–water partition coefficient (Wildman–Crippen LogP) is 2.77. The minimum Gasteiger partial charge on any atom is -0.484 e. The van der Waals surface area contributed by atoms with Crippen LogP contribution in [0.2, 0.25) is 0 Å². The number of nitrogens with two attached hydrogens (primary N) is 1. The summed E-state index contributed by atoms with van der Waals surface area (Å²) in [5, 5.41) is 0. The van der Waals surface area contributed by atoms with E-state index in [1.807, 2.05) is 0 Å². The average Bonchev–Trinajstić information content (AvgIpc) is 2.47. The smallest absolute Gasteiger partial charge is 0.264 e. The zero-order valence-corrected chi connectivity index (χ0v) is 13.6. The van der Waals surface area contributed by atoms with Gasteiger partial charge in [-0.15, -0.1) is 0 Å². The predicted molar refractivity (Wildman–Crippen MR) is 86.5 cm³/mol. The summed E-state index contributed by atoms with van der Waals surface area (Å²) < 4.78 is 46.1. The van der Waals surface area contributed by atoms with Gasteiger partial charge in [0.15, 0.2) is 0 Å². The van der Waals surface area contributed by atoms with Crippen molar-refractivity contribution in [2.45, 2.75) is 24.3 Å². The highest BCUT2D eigenvalue weighted by Crippen LogP contribution is 2.41. The number of ether oxygens (including phenoxy) is 1. The number of halogens is 1. The van der Waals surface area contributed by atoms with Crippen LogP contribution in [-0.4, -0.2) is 20.6 Å². The van der Waals surface area contributed by atoms with Crippen LogP contribution in [0.5, 0.6) is 5.75 Å². The maximum Gasteiger partial charge on any atom is 0.264 e. The highest BCUT2D eigenvalue weighted by Gasteiger charge is 2.38. The van der Waals surface area contributed by atoms with Crippen molar-refractivity contribution in [3.05, 3.63) is 48.3 Å². The maximum atomic E-state index is 13.1. The first kappa shape index (κ1) is 15.6. The molecule has 23 heavy (non-hydrogen) atoms. The van der Waals surface area contributed by atoms with Crippen molar-refractivity contribution in [2.75, 3.05) is 16.6 Å². The van der Waals surface area contributed by atoms with Crippen molar-refractivity contribution in [3.63, 3.8) is 0 Å². The van der Waals surface area contributed by atoms with E-state index in [-0.39, 0.29) is 11.4 Å². The molecule has 1 aliphatic rings. The number of fused-ring (bicyclic) bond motifs is 1. The first-order valence-corrected chi connectivity index (χ1v) is 8.50. The molecular weight excluding hydrogens is 319 g/mol. The lowest BCUT2D eigenvalue weighted by Gasteiger charge is -2.40. The van der Waals surface area contributed by atoms with E-state index in [2.05, 4.69) is 0 Å². The number of sulfonamides is 1. The number of nitrogens with zero attached hydrogens (tertiary/aromatic N) is 1. The molecule has 5 nitrogen and oxygen atoms in total. The molecule has 1 heterocycles. The Kier molecular flexibility index (Phi) is 3.48. The molecule has 0 atom stereocenters. The van der Waals surface area contributed by atoms with Crippen LogP contribution in [0, 0.1) is 5.82 Å². The first-order chi connectivity index (χ1) is 10.7. The summed E-state index contributed by atoms with van der Waals surface area (Å²) in [6.45, 7) is 3.74. The highest BCUT2D eigenvalue weighted by molar-refractivity contribution is 7.92. The van der Waals surface area contributed by atoms with Gasteiger partial charge in [0.05, 0.1) is 17.1 Å². The largest absolute Gasteiger partial charge is 0.484 e. The van der Waals surface area contributed by atoms with Gasteiger partial charge in [-0.1, -0.05) is 0 Å². The molecule has 7 heteroatoms. The number of benzene rings is 2. The Morgan fingerprint density at radius 1 is 1.17 bits per heavy atom. The fraction of sp³-hybridized carbons (Fsp3) is 0.250. The van der Waals surface area contributed by atoms with Crippen molar-refractivity contribution >= 4 is 21.4 Å². The SMILES string of the molecule is CC1(C)CN(S(=O)(=O)c2ccc(F)cc2)c2cc(N)ccc2O1. The average molecular weight is 336 g/mol. The monoisotopic (exact) mass is 336 g/mol. The lowest BCUT2D eigenvalue weighted by atomic mass is 10.1. The van der Waals surface area contributed by atoms with E-state index in [0.29, 0.717) is 17.1 Å². The number of anilines is 2. The summed E-state index contributed by atoms with van der Waals surface area (Å²) >= 11 is 0. The molecule has 0 aromatic heterocycles. The molecule has 1 aliphatic heterocycles. The summed E-state index contributed by atoms with van der Waals surface area (Å²) in [5.74, 6) is -0.0444. The van der Waals surface area contributed by atoms with Gasteiger partial charge in [0.1, 0.15) is 17.2 Å². The second-order valence-electron chi connectivity index (χ2n) is 6.05. The zero-order valence-electron chi connectivity index (χ0n) is 12.8. The second kappa shape index (κ2) is 5.13. The van der Waals surface area contributed by atoms with Crippen molar-refractivity contribution < 1.29 is 17.5 Å². The molecule has 2 N–H and O–H groups in total. The quantitative estimate of drug-likeness (QED) is 0.856. The summed E-state index contributed by atoms with van der Waals surface area (Å²) in [5.41, 5.74) is 5.91. The minimum absolute atomic E-state index is 0.0185. The third-order valence-electron chi connectivity index (χ3n) is 3.56. The number of rotatable bonds is 2. The Morgan fingerprint density at radius 3 is 2.48 bits per heavy atom. The number of hydrogen-bond donors (Lipinski definition) is 1. The van der Waals surface area contributed by atoms with Gasteiger partial charge in [-0.3, -0.25) is 4.31 Å². The van der Waals surface area contributed by atoms with E-state index in [4.69, 9.17) is 10.5 Å². The van der Waals surface area contributed by atoms with Gasteiger partial charge in [0, 0.05) is 5.69 Å². The van der Waals surface area contributed by atoms with Crippen molar-refractivity contribution in [2.24, 2.45) is 0 Å². The lowest BCUT2D eigenvalue weighted by Crippen LogP contribution is -2.49. The minimum atomic E-state index is -3.85. The molecule has 0 unspecified atom stereocenters. The molecule has 0 radical (unpaired) electrons. The summed E-state index contributed by atoms with van der Waals surface area (Å²) in [7, 11) is -3.85. The Labute approximate surface area is 134 Å². The van der Waals surface area contributed by atoms with Crippen LogP contribution in [0.25, 0.3) is 0 Å². The van der Waals surface area contributed by atoms with E-state index in [1.165, 1.54) is 16.4 Å². The Hall–Kier alpha value is -2.28. The molecule has 2 aromatic rings. The molecule has 3 rings (SSSR count). The van der Waals surface area contributed by atoms with Gasteiger partial charge in [-0.05, 0) is 56.3 Å². The highest BCUT2D eigenvalue weighted by atomic mass is 32.2. The fourth-order valence-electron chi connectivity index (χ4n) is 2.52. The van der Waals surface area contributed by atoms with Gasteiger partial charge in [-0.2, -0.15) is 0 Å². The summed E-state index contributed by atoms with van der Waals surface area (Å²) in [6.07, 6.45) is 0. The molecule has 0 amide bonds. The molecule has 122 valence electrons. The van der Waals surface area contributed by atoms with E-state index < -0.39 is 21.4 Å².